The molecule has 1 saturated carbocycles. The van der Waals surface area contributed by atoms with Crippen LogP contribution in [0.25, 0.3) is 0 Å². The third-order valence-corrected chi connectivity index (χ3v) is 4.25. The number of benzene rings is 1. The molecule has 20 heavy (non-hydrogen) atoms. The van der Waals surface area contributed by atoms with Gasteiger partial charge in [0.2, 0.25) is 0 Å². The molecule has 0 bridgehead atoms. The van der Waals surface area contributed by atoms with Gasteiger partial charge >= 0.3 is 5.97 Å². The molecule has 3 nitrogen and oxygen atoms in total. The van der Waals surface area contributed by atoms with Crippen molar-refractivity contribution in [2.75, 3.05) is 5.32 Å². The van der Waals surface area contributed by atoms with Gasteiger partial charge in [-0.3, -0.25) is 0 Å². The second kappa shape index (κ2) is 5.43. The number of carboxylic acids is 1. The second-order valence-corrected chi connectivity index (χ2v) is 6.63. The summed E-state index contributed by atoms with van der Waals surface area (Å²) in [6.07, 6.45) is 3.16. The predicted octanol–water partition coefficient (Wildman–Crippen LogP) is 4.15. The fraction of sp³-hybridized carbons (Fsp3) is 0.562. The molecule has 0 aliphatic heterocycles. The van der Waals surface area contributed by atoms with Gasteiger partial charge in [0.1, 0.15) is 5.82 Å². The highest BCUT2D eigenvalue weighted by atomic mass is 19.1. The summed E-state index contributed by atoms with van der Waals surface area (Å²) in [5, 5.41) is 12.2. The van der Waals surface area contributed by atoms with Crippen LogP contribution in [0.15, 0.2) is 18.2 Å². The molecule has 0 spiro atoms. The number of hydrogen-bond acceptors (Lipinski definition) is 2. The van der Waals surface area contributed by atoms with Gasteiger partial charge in [-0.05, 0) is 48.8 Å². The van der Waals surface area contributed by atoms with E-state index in [0.717, 1.165) is 19.3 Å². The van der Waals surface area contributed by atoms with Crippen LogP contribution in [0.2, 0.25) is 0 Å². The molecule has 0 heterocycles. The van der Waals surface area contributed by atoms with E-state index in [1.54, 1.807) is 0 Å². The quantitative estimate of drug-likeness (QED) is 0.873. The van der Waals surface area contributed by atoms with E-state index in [-0.39, 0.29) is 11.6 Å². The highest BCUT2D eigenvalue weighted by Gasteiger charge is 2.32. The molecule has 2 atom stereocenters. The minimum Gasteiger partial charge on any atom is -0.478 e. The van der Waals surface area contributed by atoms with Gasteiger partial charge in [-0.1, -0.05) is 20.8 Å². The number of anilines is 1. The van der Waals surface area contributed by atoms with Crippen molar-refractivity contribution in [1.82, 2.24) is 0 Å². The van der Waals surface area contributed by atoms with E-state index in [9.17, 15) is 9.18 Å². The molecular formula is C16H22FNO2. The van der Waals surface area contributed by atoms with Crippen LogP contribution in [0.4, 0.5) is 10.1 Å². The fourth-order valence-electron chi connectivity index (χ4n) is 3.13. The summed E-state index contributed by atoms with van der Waals surface area (Å²) in [6.45, 7) is 6.67. The lowest BCUT2D eigenvalue weighted by Crippen LogP contribution is -2.37. The maximum atomic E-state index is 13.8. The Morgan fingerprint density at radius 3 is 2.75 bits per heavy atom. The van der Waals surface area contributed by atoms with Crippen molar-refractivity contribution in [3.05, 3.63) is 29.6 Å². The van der Waals surface area contributed by atoms with Crippen LogP contribution in [0.3, 0.4) is 0 Å². The first-order valence-corrected chi connectivity index (χ1v) is 7.08. The summed E-state index contributed by atoms with van der Waals surface area (Å²) < 4.78 is 13.8. The first-order valence-electron chi connectivity index (χ1n) is 7.08. The van der Waals surface area contributed by atoms with Crippen LogP contribution < -0.4 is 5.32 Å². The molecule has 4 heteroatoms. The Bertz CT molecular complexity index is 513. The first kappa shape index (κ1) is 14.8. The van der Waals surface area contributed by atoms with Crippen molar-refractivity contribution in [1.29, 1.82) is 0 Å². The molecule has 1 fully saturated rings. The predicted molar refractivity (Wildman–Crippen MR) is 77.6 cm³/mol. The lowest BCUT2D eigenvalue weighted by Gasteiger charge is -2.40. The lowest BCUT2D eigenvalue weighted by molar-refractivity contribution is 0.0697. The maximum Gasteiger partial charge on any atom is 0.335 e. The number of aromatic carboxylic acids is 1. The SMILES string of the molecule is CC1CC(C)(C)CCC1Nc1cc(C(=O)O)ccc1F. The van der Waals surface area contributed by atoms with E-state index >= 15 is 0 Å². The summed E-state index contributed by atoms with van der Waals surface area (Å²) in [7, 11) is 0. The first-order chi connectivity index (χ1) is 9.28. The van der Waals surface area contributed by atoms with Crippen molar-refractivity contribution in [2.24, 2.45) is 11.3 Å². The normalized spacial score (nSPS) is 25.2. The molecule has 0 amide bonds. The average molecular weight is 279 g/mol. The summed E-state index contributed by atoms with van der Waals surface area (Å²) in [4.78, 5) is 11.0. The third-order valence-electron chi connectivity index (χ3n) is 4.25. The number of carbonyl (C=O) groups is 1. The van der Waals surface area contributed by atoms with Gasteiger partial charge in [-0.15, -0.1) is 0 Å². The van der Waals surface area contributed by atoms with Gasteiger partial charge < -0.3 is 10.4 Å². The monoisotopic (exact) mass is 279 g/mol. The molecule has 1 aromatic carbocycles. The largest absolute Gasteiger partial charge is 0.478 e. The Labute approximate surface area is 119 Å². The van der Waals surface area contributed by atoms with Gasteiger partial charge in [0.15, 0.2) is 0 Å². The topological polar surface area (TPSA) is 49.3 Å². The summed E-state index contributed by atoms with van der Waals surface area (Å²) >= 11 is 0. The molecular weight excluding hydrogens is 257 g/mol. The number of rotatable bonds is 3. The minimum atomic E-state index is -1.04. The zero-order valence-corrected chi connectivity index (χ0v) is 12.2. The van der Waals surface area contributed by atoms with Crippen LogP contribution in [0, 0.1) is 17.2 Å². The molecule has 0 aromatic heterocycles. The Balaban J connectivity index is 2.14. The van der Waals surface area contributed by atoms with Crippen LogP contribution in [0.5, 0.6) is 0 Å². The van der Waals surface area contributed by atoms with E-state index in [2.05, 4.69) is 26.1 Å². The molecule has 0 saturated heterocycles. The molecule has 1 aromatic rings. The number of nitrogens with one attached hydrogen (secondary N) is 1. The Morgan fingerprint density at radius 1 is 1.45 bits per heavy atom. The third kappa shape index (κ3) is 3.30. The van der Waals surface area contributed by atoms with Crippen LogP contribution >= 0.6 is 0 Å². The molecule has 2 unspecified atom stereocenters. The van der Waals surface area contributed by atoms with Crippen molar-refractivity contribution in [3.8, 4) is 0 Å². The molecule has 2 rings (SSSR count). The average Bonchev–Trinajstić information content (AvgIpc) is 2.34. The van der Waals surface area contributed by atoms with Crippen molar-refractivity contribution in [3.63, 3.8) is 0 Å². The van der Waals surface area contributed by atoms with Gasteiger partial charge in [0.05, 0.1) is 11.3 Å². The number of halogens is 1. The van der Waals surface area contributed by atoms with Crippen LogP contribution in [-0.4, -0.2) is 17.1 Å². The van der Waals surface area contributed by atoms with E-state index in [1.807, 2.05) is 0 Å². The second-order valence-electron chi connectivity index (χ2n) is 6.63. The smallest absolute Gasteiger partial charge is 0.335 e. The van der Waals surface area contributed by atoms with Crippen LogP contribution in [-0.2, 0) is 0 Å². The minimum absolute atomic E-state index is 0.109. The standard InChI is InChI=1S/C16H22FNO2/c1-10-9-16(2,3)7-6-13(10)18-14-8-11(15(19)20)4-5-12(14)17/h4-5,8,10,13,18H,6-7,9H2,1-3H3,(H,19,20). The van der Waals surface area contributed by atoms with E-state index < -0.39 is 11.8 Å². The number of carboxylic acid groups (broad SMARTS) is 1. The molecule has 1 aliphatic rings. The molecule has 0 radical (unpaired) electrons. The molecule has 2 N–H and O–H groups in total. The summed E-state index contributed by atoms with van der Waals surface area (Å²) in [5.74, 6) is -0.996. The van der Waals surface area contributed by atoms with Crippen molar-refractivity contribution >= 4 is 11.7 Å². The van der Waals surface area contributed by atoms with E-state index in [1.165, 1.54) is 18.2 Å². The highest BCUT2D eigenvalue weighted by Crippen LogP contribution is 2.39. The summed E-state index contributed by atoms with van der Waals surface area (Å²) in [5.41, 5.74) is 0.734. The zero-order chi connectivity index (χ0) is 14.9. The van der Waals surface area contributed by atoms with Gasteiger partial charge in [-0.2, -0.15) is 0 Å². The Hall–Kier alpha value is -1.58. The lowest BCUT2D eigenvalue weighted by atomic mass is 9.70. The molecule has 110 valence electrons. The summed E-state index contributed by atoms with van der Waals surface area (Å²) in [6, 6.07) is 4.07. The van der Waals surface area contributed by atoms with E-state index in [4.69, 9.17) is 5.11 Å². The van der Waals surface area contributed by atoms with Crippen molar-refractivity contribution in [2.45, 2.75) is 46.1 Å². The van der Waals surface area contributed by atoms with E-state index in [0.29, 0.717) is 17.0 Å². The Kier molecular flexibility index (Phi) is 4.02. The van der Waals surface area contributed by atoms with Crippen molar-refractivity contribution < 1.29 is 14.3 Å². The zero-order valence-electron chi connectivity index (χ0n) is 12.2. The number of hydrogen-bond donors (Lipinski definition) is 2. The van der Waals surface area contributed by atoms with Crippen LogP contribution in [0.1, 0.15) is 50.4 Å². The highest BCUT2D eigenvalue weighted by molar-refractivity contribution is 5.88. The maximum absolute atomic E-state index is 13.8. The Morgan fingerprint density at radius 2 is 2.15 bits per heavy atom. The van der Waals surface area contributed by atoms with Gasteiger partial charge in [-0.25, -0.2) is 9.18 Å². The van der Waals surface area contributed by atoms with Gasteiger partial charge in [0, 0.05) is 6.04 Å². The fourth-order valence-corrected chi connectivity index (χ4v) is 3.13. The molecule has 1 aliphatic carbocycles. The van der Waals surface area contributed by atoms with Gasteiger partial charge in [0.25, 0.3) is 0 Å².